The summed E-state index contributed by atoms with van der Waals surface area (Å²) in [6, 6.07) is 9.85. The number of carbonyl (C=O) groups excluding carboxylic acids is 2. The van der Waals surface area contributed by atoms with Crippen LogP contribution in [0.4, 0.5) is 10.1 Å². The number of nitrogens with zero attached hydrogens (tertiary/aromatic N) is 2. The average molecular weight is 373 g/mol. The molecule has 7 nitrogen and oxygen atoms in total. The summed E-state index contributed by atoms with van der Waals surface area (Å²) in [4.78, 5) is 36.4. The van der Waals surface area contributed by atoms with E-state index in [0.717, 1.165) is 5.56 Å². The number of aryl methyl sites for hydroxylation is 1. The second kappa shape index (κ2) is 8.88. The highest BCUT2D eigenvalue weighted by atomic mass is 19.1. The largest absolute Gasteiger partial charge is 0.350 e. The molecule has 0 unspecified atom stereocenters. The van der Waals surface area contributed by atoms with Crippen LogP contribution in [-0.2, 0) is 11.3 Å². The maximum Gasteiger partial charge on any atom is 0.272 e. The SMILES string of the molecule is CCN(CC(=O)NCc1ccc(F)cc1)C(=O)c1ccc([N+](=O)[O-])c(C)c1. The summed E-state index contributed by atoms with van der Waals surface area (Å²) in [5, 5.41) is 13.6. The Hall–Kier alpha value is -3.29. The lowest BCUT2D eigenvalue weighted by molar-refractivity contribution is -0.385. The van der Waals surface area contributed by atoms with Crippen LogP contribution in [-0.4, -0.2) is 34.7 Å². The molecule has 0 aromatic heterocycles. The highest BCUT2D eigenvalue weighted by Gasteiger charge is 2.20. The molecular formula is C19H20FN3O4. The van der Waals surface area contributed by atoms with Crippen molar-refractivity contribution in [3.63, 3.8) is 0 Å². The first-order chi connectivity index (χ1) is 12.8. The van der Waals surface area contributed by atoms with Crippen LogP contribution in [0.3, 0.4) is 0 Å². The van der Waals surface area contributed by atoms with Crippen LogP contribution in [0.1, 0.15) is 28.4 Å². The molecule has 142 valence electrons. The predicted octanol–water partition coefficient (Wildman–Crippen LogP) is 2.82. The normalized spacial score (nSPS) is 10.3. The van der Waals surface area contributed by atoms with Gasteiger partial charge in [-0.15, -0.1) is 0 Å². The Kier molecular flexibility index (Phi) is 6.59. The molecule has 0 atom stereocenters. The van der Waals surface area contributed by atoms with Crippen molar-refractivity contribution in [2.75, 3.05) is 13.1 Å². The Labute approximate surface area is 155 Å². The topological polar surface area (TPSA) is 92.6 Å². The van der Waals surface area contributed by atoms with E-state index < -0.39 is 4.92 Å². The molecule has 0 heterocycles. The number of nitro groups is 1. The summed E-state index contributed by atoms with van der Waals surface area (Å²) in [6.45, 7) is 3.68. The minimum atomic E-state index is -0.510. The number of carbonyl (C=O) groups is 2. The molecule has 2 rings (SSSR count). The predicted molar refractivity (Wildman–Crippen MR) is 97.7 cm³/mol. The zero-order valence-corrected chi connectivity index (χ0v) is 15.1. The first kappa shape index (κ1) is 20.0. The van der Waals surface area contributed by atoms with Gasteiger partial charge in [-0.05, 0) is 43.7 Å². The Morgan fingerprint density at radius 3 is 2.41 bits per heavy atom. The quantitative estimate of drug-likeness (QED) is 0.597. The van der Waals surface area contributed by atoms with Gasteiger partial charge in [-0.1, -0.05) is 12.1 Å². The maximum atomic E-state index is 12.9. The van der Waals surface area contributed by atoms with E-state index in [1.165, 1.54) is 35.2 Å². The number of amides is 2. The van der Waals surface area contributed by atoms with E-state index in [9.17, 15) is 24.1 Å². The molecule has 8 heteroatoms. The molecule has 27 heavy (non-hydrogen) atoms. The fourth-order valence-electron chi connectivity index (χ4n) is 2.54. The van der Waals surface area contributed by atoms with Crippen molar-refractivity contribution in [3.8, 4) is 0 Å². The molecule has 1 N–H and O–H groups in total. The Morgan fingerprint density at radius 2 is 1.85 bits per heavy atom. The van der Waals surface area contributed by atoms with Crippen LogP contribution >= 0.6 is 0 Å². The van der Waals surface area contributed by atoms with Crippen LogP contribution in [0.5, 0.6) is 0 Å². The maximum absolute atomic E-state index is 12.9. The molecule has 0 aliphatic heterocycles. The number of hydrogen-bond donors (Lipinski definition) is 1. The molecule has 2 aromatic carbocycles. The third-order valence-electron chi connectivity index (χ3n) is 4.05. The van der Waals surface area contributed by atoms with Gasteiger partial charge in [0.15, 0.2) is 0 Å². The third kappa shape index (κ3) is 5.34. The van der Waals surface area contributed by atoms with Gasteiger partial charge in [0, 0.05) is 30.3 Å². The minimum absolute atomic E-state index is 0.0633. The number of rotatable bonds is 7. The molecule has 0 radical (unpaired) electrons. The molecule has 2 aromatic rings. The highest BCUT2D eigenvalue weighted by molar-refractivity contribution is 5.97. The van der Waals surface area contributed by atoms with Gasteiger partial charge in [-0.3, -0.25) is 19.7 Å². The number of benzene rings is 2. The van der Waals surface area contributed by atoms with Crippen LogP contribution in [0.2, 0.25) is 0 Å². The number of nitrogens with one attached hydrogen (secondary N) is 1. The van der Waals surface area contributed by atoms with Crippen molar-refractivity contribution >= 4 is 17.5 Å². The van der Waals surface area contributed by atoms with E-state index in [0.29, 0.717) is 12.1 Å². The minimum Gasteiger partial charge on any atom is -0.350 e. The highest BCUT2D eigenvalue weighted by Crippen LogP contribution is 2.19. The number of halogens is 1. The molecule has 0 saturated carbocycles. The molecule has 0 bridgehead atoms. The van der Waals surface area contributed by atoms with E-state index in [1.807, 2.05) is 0 Å². The van der Waals surface area contributed by atoms with Crippen LogP contribution in [0.15, 0.2) is 42.5 Å². The first-order valence-corrected chi connectivity index (χ1v) is 8.37. The summed E-state index contributed by atoms with van der Waals surface area (Å²) in [5.41, 5.74) is 1.34. The van der Waals surface area contributed by atoms with E-state index >= 15 is 0 Å². The second-order valence-corrected chi connectivity index (χ2v) is 5.98. The average Bonchev–Trinajstić information content (AvgIpc) is 2.64. The lowest BCUT2D eigenvalue weighted by Gasteiger charge is -2.20. The fourth-order valence-corrected chi connectivity index (χ4v) is 2.54. The fraction of sp³-hybridized carbons (Fsp3) is 0.263. The van der Waals surface area contributed by atoms with Gasteiger partial charge in [-0.25, -0.2) is 4.39 Å². The summed E-state index contributed by atoms with van der Waals surface area (Å²) >= 11 is 0. The van der Waals surface area contributed by atoms with Crippen molar-refractivity contribution in [2.24, 2.45) is 0 Å². The Morgan fingerprint density at radius 1 is 1.19 bits per heavy atom. The van der Waals surface area contributed by atoms with E-state index in [2.05, 4.69) is 5.32 Å². The standard InChI is InChI=1S/C19H20FN3O4/c1-3-22(12-18(24)21-11-14-4-7-16(20)8-5-14)19(25)15-6-9-17(23(26)27)13(2)10-15/h4-10H,3,11-12H2,1-2H3,(H,21,24). The zero-order valence-electron chi connectivity index (χ0n) is 15.1. The van der Waals surface area contributed by atoms with Crippen molar-refractivity contribution < 1.29 is 18.9 Å². The second-order valence-electron chi connectivity index (χ2n) is 5.98. The third-order valence-corrected chi connectivity index (χ3v) is 4.05. The lowest BCUT2D eigenvalue weighted by Crippen LogP contribution is -2.40. The van der Waals surface area contributed by atoms with Gasteiger partial charge in [0.1, 0.15) is 5.82 Å². The van der Waals surface area contributed by atoms with Crippen LogP contribution in [0, 0.1) is 22.9 Å². The summed E-state index contributed by atoms with van der Waals surface area (Å²) in [7, 11) is 0. The molecule has 0 fully saturated rings. The molecule has 0 spiro atoms. The van der Waals surface area contributed by atoms with Gasteiger partial charge in [0.25, 0.3) is 11.6 Å². The van der Waals surface area contributed by atoms with Crippen molar-refractivity contribution in [3.05, 3.63) is 75.1 Å². The van der Waals surface area contributed by atoms with Crippen LogP contribution < -0.4 is 5.32 Å². The van der Waals surface area contributed by atoms with Crippen molar-refractivity contribution in [1.82, 2.24) is 10.2 Å². The Balaban J connectivity index is 1.99. The van der Waals surface area contributed by atoms with Gasteiger partial charge in [0.05, 0.1) is 11.5 Å². The van der Waals surface area contributed by atoms with E-state index in [1.54, 1.807) is 26.0 Å². The van der Waals surface area contributed by atoms with E-state index in [4.69, 9.17) is 0 Å². The van der Waals surface area contributed by atoms with Gasteiger partial charge < -0.3 is 10.2 Å². The summed E-state index contributed by atoms with van der Waals surface area (Å²) in [5.74, 6) is -1.09. The molecule has 0 aliphatic rings. The summed E-state index contributed by atoms with van der Waals surface area (Å²) < 4.78 is 12.9. The van der Waals surface area contributed by atoms with Gasteiger partial charge in [-0.2, -0.15) is 0 Å². The number of nitro benzene ring substituents is 1. The number of hydrogen-bond acceptors (Lipinski definition) is 4. The van der Waals surface area contributed by atoms with Gasteiger partial charge in [0.2, 0.25) is 5.91 Å². The number of likely N-dealkylation sites (N-methyl/N-ethyl adjacent to an activating group) is 1. The first-order valence-electron chi connectivity index (χ1n) is 8.37. The van der Waals surface area contributed by atoms with Crippen LogP contribution in [0.25, 0.3) is 0 Å². The van der Waals surface area contributed by atoms with Gasteiger partial charge >= 0.3 is 0 Å². The summed E-state index contributed by atoms with van der Waals surface area (Å²) in [6.07, 6.45) is 0. The van der Waals surface area contributed by atoms with Crippen molar-refractivity contribution in [1.29, 1.82) is 0 Å². The lowest BCUT2D eigenvalue weighted by atomic mass is 10.1. The molecule has 2 amide bonds. The molecule has 0 saturated heterocycles. The molecular weight excluding hydrogens is 353 g/mol. The monoisotopic (exact) mass is 373 g/mol. The molecule has 0 aliphatic carbocycles. The zero-order chi connectivity index (χ0) is 20.0. The van der Waals surface area contributed by atoms with Crippen molar-refractivity contribution in [2.45, 2.75) is 20.4 Å². The van der Waals surface area contributed by atoms with E-state index in [-0.39, 0.29) is 42.0 Å². The Bertz CT molecular complexity index is 853. The smallest absolute Gasteiger partial charge is 0.272 e.